The minimum absolute atomic E-state index is 0.0681. The number of ether oxygens (including phenoxy) is 1. The minimum atomic E-state index is 0.0681. The number of aryl methyl sites for hydroxylation is 1. The summed E-state index contributed by atoms with van der Waals surface area (Å²) < 4.78 is 11.3. The minimum Gasteiger partial charge on any atom is -0.464 e. The highest BCUT2D eigenvalue weighted by Crippen LogP contribution is 2.28. The number of rotatable bonds is 4. The van der Waals surface area contributed by atoms with Crippen molar-refractivity contribution < 1.29 is 13.9 Å². The number of nitrogens with zero attached hydrogens (tertiary/aromatic N) is 1. The van der Waals surface area contributed by atoms with Crippen LogP contribution < -0.4 is 0 Å². The van der Waals surface area contributed by atoms with Crippen LogP contribution in [0.1, 0.15) is 30.4 Å². The van der Waals surface area contributed by atoms with E-state index in [1.165, 1.54) is 6.42 Å². The summed E-state index contributed by atoms with van der Waals surface area (Å²) in [4.78, 5) is 14.2. The summed E-state index contributed by atoms with van der Waals surface area (Å²) in [5, 5.41) is 1.60. The summed E-state index contributed by atoms with van der Waals surface area (Å²) in [5.41, 5.74) is 2.62. The summed E-state index contributed by atoms with van der Waals surface area (Å²) in [6.45, 7) is 3.39. The van der Waals surface area contributed by atoms with E-state index in [4.69, 9.17) is 20.8 Å². The van der Waals surface area contributed by atoms with Crippen LogP contribution >= 0.6 is 11.6 Å². The molecule has 0 bridgehead atoms. The Labute approximate surface area is 141 Å². The van der Waals surface area contributed by atoms with Gasteiger partial charge in [-0.3, -0.25) is 4.79 Å². The number of carbonyl (C=O) groups is 1. The van der Waals surface area contributed by atoms with Gasteiger partial charge in [0.2, 0.25) is 5.91 Å². The second-order valence-electron chi connectivity index (χ2n) is 6.30. The van der Waals surface area contributed by atoms with Gasteiger partial charge < -0.3 is 14.1 Å². The molecular formula is C18H22ClNO3. The van der Waals surface area contributed by atoms with Gasteiger partial charge in [0.05, 0.1) is 18.8 Å². The summed E-state index contributed by atoms with van der Waals surface area (Å²) in [6.07, 6.45) is 5.46. The molecule has 1 amide bonds. The highest BCUT2D eigenvalue weighted by atomic mass is 35.5. The van der Waals surface area contributed by atoms with Crippen molar-refractivity contribution in [1.82, 2.24) is 4.90 Å². The van der Waals surface area contributed by atoms with Crippen molar-refractivity contribution in [3.05, 3.63) is 34.5 Å². The van der Waals surface area contributed by atoms with E-state index in [0.29, 0.717) is 18.0 Å². The molecule has 0 spiro atoms. The van der Waals surface area contributed by atoms with E-state index >= 15 is 0 Å². The van der Waals surface area contributed by atoms with E-state index in [9.17, 15) is 4.79 Å². The number of furan rings is 1. The third-order valence-electron chi connectivity index (χ3n) is 4.45. The molecule has 0 unspecified atom stereocenters. The van der Waals surface area contributed by atoms with Gasteiger partial charge in [0, 0.05) is 36.2 Å². The Morgan fingerprint density at radius 3 is 2.96 bits per heavy atom. The first kappa shape index (κ1) is 16.3. The molecule has 0 saturated carbocycles. The average Bonchev–Trinajstić information content (AvgIpc) is 2.91. The predicted octanol–water partition coefficient (Wildman–Crippen LogP) is 3.96. The van der Waals surface area contributed by atoms with E-state index in [1.54, 1.807) is 11.2 Å². The standard InChI is InChI=1S/C18H22ClNO3/c1-12-7-17-15(9-16(12)19)13(11-23-17)8-18(21)20(2)10-14-5-3-4-6-22-14/h7,9,11,14H,3-6,8,10H2,1-2H3/t14-/m0/s1. The molecule has 1 atom stereocenters. The number of likely N-dealkylation sites (N-methyl/N-ethyl adjacent to an activating group) is 1. The molecule has 3 rings (SSSR count). The van der Waals surface area contributed by atoms with Crippen LogP contribution in [0.25, 0.3) is 11.0 Å². The molecule has 1 saturated heterocycles. The van der Waals surface area contributed by atoms with E-state index in [0.717, 1.165) is 41.5 Å². The number of amides is 1. The maximum absolute atomic E-state index is 12.5. The lowest BCUT2D eigenvalue weighted by Crippen LogP contribution is -2.37. The second-order valence-corrected chi connectivity index (χ2v) is 6.71. The lowest BCUT2D eigenvalue weighted by molar-refractivity contribution is -0.131. The molecule has 1 aliphatic heterocycles. The molecule has 0 N–H and O–H groups in total. The van der Waals surface area contributed by atoms with Crippen molar-refractivity contribution >= 4 is 28.5 Å². The number of carbonyl (C=O) groups excluding carboxylic acids is 1. The molecule has 23 heavy (non-hydrogen) atoms. The normalized spacial score (nSPS) is 18.3. The summed E-state index contributed by atoms with van der Waals surface area (Å²) in [7, 11) is 1.83. The Hall–Kier alpha value is -1.52. The smallest absolute Gasteiger partial charge is 0.226 e. The SMILES string of the molecule is Cc1cc2occ(CC(=O)N(C)C[C@@H]3CCCCO3)c2cc1Cl. The van der Waals surface area contributed by atoms with Crippen molar-refractivity contribution in [3.63, 3.8) is 0 Å². The first-order valence-electron chi connectivity index (χ1n) is 8.06. The molecule has 1 aromatic carbocycles. The van der Waals surface area contributed by atoms with E-state index in [-0.39, 0.29) is 12.0 Å². The zero-order chi connectivity index (χ0) is 16.4. The summed E-state index contributed by atoms with van der Waals surface area (Å²) >= 11 is 6.19. The first-order chi connectivity index (χ1) is 11.0. The lowest BCUT2D eigenvalue weighted by atomic mass is 10.1. The molecule has 5 heteroatoms. The maximum atomic E-state index is 12.5. The van der Waals surface area contributed by atoms with Gasteiger partial charge in [0.25, 0.3) is 0 Å². The maximum Gasteiger partial charge on any atom is 0.226 e. The Morgan fingerprint density at radius 2 is 2.22 bits per heavy atom. The predicted molar refractivity (Wildman–Crippen MR) is 90.9 cm³/mol. The monoisotopic (exact) mass is 335 g/mol. The van der Waals surface area contributed by atoms with Crippen LogP contribution in [0.15, 0.2) is 22.8 Å². The number of hydrogen-bond acceptors (Lipinski definition) is 3. The van der Waals surface area contributed by atoms with Crippen LogP contribution in [0.4, 0.5) is 0 Å². The van der Waals surface area contributed by atoms with Gasteiger partial charge in [-0.25, -0.2) is 0 Å². The van der Waals surface area contributed by atoms with Gasteiger partial charge in [-0.1, -0.05) is 11.6 Å². The summed E-state index contributed by atoms with van der Waals surface area (Å²) in [6, 6.07) is 3.79. The van der Waals surface area contributed by atoms with Crippen LogP contribution in [0.2, 0.25) is 5.02 Å². The van der Waals surface area contributed by atoms with Gasteiger partial charge in [-0.05, 0) is 43.9 Å². The number of halogens is 1. The Bertz CT molecular complexity index is 704. The highest BCUT2D eigenvalue weighted by molar-refractivity contribution is 6.32. The molecule has 2 heterocycles. The quantitative estimate of drug-likeness (QED) is 0.849. The van der Waals surface area contributed by atoms with Crippen molar-refractivity contribution in [2.24, 2.45) is 0 Å². The van der Waals surface area contributed by atoms with Gasteiger partial charge >= 0.3 is 0 Å². The third-order valence-corrected chi connectivity index (χ3v) is 4.86. The fourth-order valence-corrected chi connectivity index (χ4v) is 3.16. The Kier molecular flexibility index (Phi) is 4.93. The molecule has 1 aromatic heterocycles. The van der Waals surface area contributed by atoms with Crippen LogP contribution in [0.5, 0.6) is 0 Å². The number of benzene rings is 1. The topological polar surface area (TPSA) is 42.7 Å². The van der Waals surface area contributed by atoms with E-state index in [2.05, 4.69) is 0 Å². The highest BCUT2D eigenvalue weighted by Gasteiger charge is 2.20. The van der Waals surface area contributed by atoms with Crippen LogP contribution in [0, 0.1) is 6.92 Å². The molecule has 4 nitrogen and oxygen atoms in total. The van der Waals surface area contributed by atoms with Crippen LogP contribution in [-0.2, 0) is 16.0 Å². The number of fused-ring (bicyclic) bond motifs is 1. The van der Waals surface area contributed by atoms with Crippen LogP contribution in [0.3, 0.4) is 0 Å². The Morgan fingerprint density at radius 1 is 1.39 bits per heavy atom. The van der Waals surface area contributed by atoms with Gasteiger partial charge in [-0.2, -0.15) is 0 Å². The zero-order valence-electron chi connectivity index (χ0n) is 13.6. The average molecular weight is 336 g/mol. The van der Waals surface area contributed by atoms with Gasteiger partial charge in [0.15, 0.2) is 0 Å². The number of hydrogen-bond donors (Lipinski definition) is 0. The largest absolute Gasteiger partial charge is 0.464 e. The van der Waals surface area contributed by atoms with Crippen molar-refractivity contribution in [3.8, 4) is 0 Å². The zero-order valence-corrected chi connectivity index (χ0v) is 14.4. The van der Waals surface area contributed by atoms with Crippen LogP contribution in [-0.4, -0.2) is 37.1 Å². The lowest BCUT2D eigenvalue weighted by Gasteiger charge is -2.27. The van der Waals surface area contributed by atoms with E-state index in [1.807, 2.05) is 26.1 Å². The molecule has 1 aliphatic rings. The van der Waals surface area contributed by atoms with E-state index < -0.39 is 0 Å². The van der Waals surface area contributed by atoms with Crippen molar-refractivity contribution in [1.29, 1.82) is 0 Å². The fraction of sp³-hybridized carbons (Fsp3) is 0.500. The molecule has 0 aliphatic carbocycles. The second kappa shape index (κ2) is 6.93. The third kappa shape index (κ3) is 3.70. The molecule has 1 fully saturated rings. The Balaban J connectivity index is 1.68. The molecule has 0 radical (unpaired) electrons. The molecular weight excluding hydrogens is 314 g/mol. The van der Waals surface area contributed by atoms with Gasteiger partial charge in [-0.15, -0.1) is 0 Å². The first-order valence-corrected chi connectivity index (χ1v) is 8.44. The molecule has 2 aromatic rings. The van der Waals surface area contributed by atoms with Gasteiger partial charge in [0.1, 0.15) is 5.58 Å². The van der Waals surface area contributed by atoms with Crippen molar-refractivity contribution in [2.75, 3.05) is 20.2 Å². The summed E-state index contributed by atoms with van der Waals surface area (Å²) in [5.74, 6) is 0.0681. The fourth-order valence-electron chi connectivity index (χ4n) is 3.00. The van der Waals surface area contributed by atoms with Crippen molar-refractivity contribution in [2.45, 2.75) is 38.7 Å². The molecule has 124 valence electrons.